The van der Waals surface area contributed by atoms with Gasteiger partial charge in [0.15, 0.2) is 0 Å². The van der Waals surface area contributed by atoms with Crippen LogP contribution >= 0.6 is 0 Å². The molecule has 2 heterocycles. The average molecular weight is 697 g/mol. The van der Waals surface area contributed by atoms with E-state index in [0.717, 1.165) is 45.2 Å². The molecule has 0 saturated carbocycles. The second-order valence-electron chi connectivity index (χ2n) is 15.0. The van der Waals surface area contributed by atoms with Crippen molar-refractivity contribution in [2.45, 2.75) is 131 Å². The first-order valence-corrected chi connectivity index (χ1v) is 21.0. The van der Waals surface area contributed by atoms with Gasteiger partial charge >= 0.3 is 0 Å². The normalized spacial score (nSPS) is 19.9. The molecule has 5 aliphatic rings. The van der Waals surface area contributed by atoms with E-state index in [1.807, 2.05) is 27.7 Å². The number of rotatable bonds is 11. The third kappa shape index (κ3) is 9.29. The number of piperidine rings is 1. The van der Waals surface area contributed by atoms with Gasteiger partial charge in [-0.2, -0.15) is 0 Å². The molecule has 278 valence electrons. The molecule has 0 aromatic heterocycles. The molecule has 0 radical (unpaired) electrons. The highest BCUT2D eigenvalue weighted by molar-refractivity contribution is 5.80. The molecule has 2 nitrogen and oxygen atoms in total. The van der Waals surface area contributed by atoms with Gasteiger partial charge in [0.1, 0.15) is 0 Å². The van der Waals surface area contributed by atoms with Crippen molar-refractivity contribution in [3.05, 3.63) is 147 Å². The Bertz CT molecular complexity index is 1690. The molecule has 2 aromatic carbocycles. The molecule has 7 rings (SSSR count). The summed E-state index contributed by atoms with van der Waals surface area (Å²) in [4.78, 5) is 5.18. The Morgan fingerprint density at radius 1 is 0.827 bits per heavy atom. The largest absolute Gasteiger partial charge is 0.374 e. The second kappa shape index (κ2) is 19.5. The zero-order chi connectivity index (χ0) is 37.0. The first-order chi connectivity index (χ1) is 25.5. The summed E-state index contributed by atoms with van der Waals surface area (Å²) in [6.07, 6.45) is 25.4. The van der Waals surface area contributed by atoms with Crippen molar-refractivity contribution in [1.29, 1.82) is 0 Å². The van der Waals surface area contributed by atoms with Crippen LogP contribution in [0.1, 0.15) is 139 Å². The Kier molecular flexibility index (Phi) is 14.8. The Labute approximate surface area is 318 Å². The van der Waals surface area contributed by atoms with E-state index in [4.69, 9.17) is 0 Å². The van der Waals surface area contributed by atoms with Gasteiger partial charge in [0.2, 0.25) is 0 Å². The summed E-state index contributed by atoms with van der Waals surface area (Å²) in [5.41, 5.74) is 18.8. The van der Waals surface area contributed by atoms with Gasteiger partial charge in [0.05, 0.1) is 6.04 Å². The summed E-state index contributed by atoms with van der Waals surface area (Å²) in [7, 11) is 0. The smallest absolute Gasteiger partial charge is 0.0746 e. The predicted octanol–water partition coefficient (Wildman–Crippen LogP) is 13.4. The molecule has 2 aromatic rings. The zero-order valence-corrected chi connectivity index (χ0v) is 33.8. The standard InChI is InChI=1S/C46H56N2.2C2H6/c1-5-37-23-24-42(45-16-11-15-38(34(45)3)20-17-33(2)43-30-40-13-7-8-14-41(40)31-43)32-44(37)29-36-18-21-39(22-19-36)46(35(4)47-27-12-28-47)48-25-9-6-10-26-48;2*1-2/h5,11,15-16,18-19,21-22,24,30,32,46H,2,4,6-10,12-14,17,20,23,25-29,31H2,1,3H3;2*1-2H3. The lowest BCUT2D eigenvalue weighted by atomic mass is 9.84. The monoisotopic (exact) mass is 697 g/mol. The van der Waals surface area contributed by atoms with Gasteiger partial charge in [-0.15, -0.1) is 0 Å². The molecule has 2 heteroatoms. The van der Waals surface area contributed by atoms with Gasteiger partial charge < -0.3 is 4.90 Å². The predicted molar refractivity (Wildman–Crippen MR) is 228 cm³/mol. The minimum Gasteiger partial charge on any atom is -0.374 e. The summed E-state index contributed by atoms with van der Waals surface area (Å²) in [5, 5.41) is 0. The highest BCUT2D eigenvalue weighted by Crippen LogP contribution is 2.40. The summed E-state index contributed by atoms with van der Waals surface area (Å²) in [6.45, 7) is 26.4. The van der Waals surface area contributed by atoms with Crippen LogP contribution in [0.4, 0.5) is 0 Å². The van der Waals surface area contributed by atoms with Crippen molar-refractivity contribution in [3.8, 4) is 0 Å². The molecule has 1 unspecified atom stereocenters. The minimum atomic E-state index is 0.304. The minimum absolute atomic E-state index is 0.304. The molecule has 0 N–H and O–H groups in total. The van der Waals surface area contributed by atoms with Crippen LogP contribution < -0.4 is 0 Å². The van der Waals surface area contributed by atoms with E-state index in [2.05, 4.69) is 104 Å². The van der Waals surface area contributed by atoms with Gasteiger partial charge in [-0.3, -0.25) is 4.90 Å². The van der Waals surface area contributed by atoms with Crippen molar-refractivity contribution in [3.63, 3.8) is 0 Å². The van der Waals surface area contributed by atoms with E-state index in [-0.39, 0.29) is 0 Å². The lowest BCUT2D eigenvalue weighted by molar-refractivity contribution is 0.133. The lowest BCUT2D eigenvalue weighted by Crippen LogP contribution is -2.43. The highest BCUT2D eigenvalue weighted by Gasteiger charge is 2.30. The Balaban J connectivity index is 0.00000126. The third-order valence-corrected chi connectivity index (χ3v) is 11.9. The van der Waals surface area contributed by atoms with Gasteiger partial charge in [0.25, 0.3) is 0 Å². The van der Waals surface area contributed by atoms with Crippen LogP contribution in [0.15, 0.2) is 119 Å². The van der Waals surface area contributed by atoms with Crippen LogP contribution in [0.3, 0.4) is 0 Å². The van der Waals surface area contributed by atoms with Crippen LogP contribution in [-0.4, -0.2) is 36.0 Å². The number of likely N-dealkylation sites (tertiary alicyclic amines) is 2. The summed E-state index contributed by atoms with van der Waals surface area (Å²) in [5.74, 6) is 0. The van der Waals surface area contributed by atoms with E-state index in [1.54, 1.807) is 11.1 Å². The van der Waals surface area contributed by atoms with Crippen molar-refractivity contribution < 1.29 is 0 Å². The molecule has 0 bridgehead atoms. The van der Waals surface area contributed by atoms with Gasteiger partial charge in [-0.1, -0.05) is 125 Å². The molecule has 0 spiro atoms. The molecule has 2 saturated heterocycles. The zero-order valence-electron chi connectivity index (χ0n) is 33.8. The number of nitrogens with zero attached hydrogens (tertiary/aromatic N) is 2. The number of hydrogen-bond donors (Lipinski definition) is 0. The van der Waals surface area contributed by atoms with Gasteiger partial charge in [0, 0.05) is 18.8 Å². The van der Waals surface area contributed by atoms with Crippen LogP contribution in [0.25, 0.3) is 5.57 Å². The Morgan fingerprint density at radius 3 is 2.23 bits per heavy atom. The average Bonchev–Trinajstić information content (AvgIpc) is 3.61. The molecule has 2 aliphatic heterocycles. The number of benzene rings is 2. The summed E-state index contributed by atoms with van der Waals surface area (Å²) < 4.78 is 0. The highest BCUT2D eigenvalue weighted by atomic mass is 15.3. The molecule has 52 heavy (non-hydrogen) atoms. The third-order valence-electron chi connectivity index (χ3n) is 11.9. The lowest BCUT2D eigenvalue weighted by Gasteiger charge is -2.43. The number of hydrogen-bond acceptors (Lipinski definition) is 2. The van der Waals surface area contributed by atoms with Crippen molar-refractivity contribution in [1.82, 2.24) is 9.80 Å². The van der Waals surface area contributed by atoms with E-state index < -0.39 is 0 Å². The molecular formula is C50H68N2. The first kappa shape index (κ1) is 39.6. The number of aryl methyl sites for hydroxylation is 1. The summed E-state index contributed by atoms with van der Waals surface area (Å²) >= 11 is 0. The summed E-state index contributed by atoms with van der Waals surface area (Å²) in [6, 6.07) is 16.8. The van der Waals surface area contributed by atoms with Crippen LogP contribution in [0.2, 0.25) is 0 Å². The van der Waals surface area contributed by atoms with Gasteiger partial charge in [-0.05, 0) is 160 Å². The maximum Gasteiger partial charge on any atom is 0.0746 e. The molecule has 3 aliphatic carbocycles. The van der Waals surface area contributed by atoms with Crippen molar-refractivity contribution >= 4 is 5.57 Å². The van der Waals surface area contributed by atoms with Crippen molar-refractivity contribution in [2.24, 2.45) is 0 Å². The number of allylic oxidation sites excluding steroid dienone is 11. The van der Waals surface area contributed by atoms with E-state index >= 15 is 0 Å². The maximum atomic E-state index is 4.62. The fourth-order valence-corrected chi connectivity index (χ4v) is 8.75. The fraction of sp³-hybridized carbons (Fsp3) is 0.480. The fourth-order valence-electron chi connectivity index (χ4n) is 8.75. The van der Waals surface area contributed by atoms with Crippen LogP contribution in [-0.2, 0) is 12.8 Å². The Hall–Kier alpha value is -3.62. The SMILES string of the molecule is C=C(CCc1cccc(C2=CCC(=CC)C(Cc3ccc(C(C(=C)N4CCC4)N4CCCCC4)cc3)=C2)c1C)C1=CC2=C(CCCC2)C1.CC.CC. The van der Waals surface area contributed by atoms with E-state index in [9.17, 15) is 0 Å². The first-order valence-electron chi connectivity index (χ1n) is 21.0. The second-order valence-corrected chi connectivity index (χ2v) is 15.0. The van der Waals surface area contributed by atoms with Crippen molar-refractivity contribution in [2.75, 3.05) is 26.2 Å². The quantitative estimate of drug-likeness (QED) is 0.231. The Morgan fingerprint density at radius 2 is 1.56 bits per heavy atom. The molecule has 0 amide bonds. The van der Waals surface area contributed by atoms with Gasteiger partial charge in [-0.25, -0.2) is 0 Å². The van der Waals surface area contributed by atoms with E-state index in [0.29, 0.717) is 6.04 Å². The topological polar surface area (TPSA) is 6.48 Å². The van der Waals surface area contributed by atoms with Crippen LogP contribution in [0.5, 0.6) is 0 Å². The maximum absolute atomic E-state index is 4.62. The van der Waals surface area contributed by atoms with E-state index in [1.165, 1.54) is 126 Å². The molecule has 2 fully saturated rings. The molecule has 1 atom stereocenters. The van der Waals surface area contributed by atoms with Crippen LogP contribution in [0, 0.1) is 6.92 Å². The molecular weight excluding hydrogens is 629 g/mol.